The van der Waals surface area contributed by atoms with Crippen LogP contribution in [0.4, 0.5) is 0 Å². The van der Waals surface area contributed by atoms with E-state index in [1.54, 1.807) is 6.33 Å². The Morgan fingerprint density at radius 3 is 2.88 bits per heavy atom. The lowest BCUT2D eigenvalue weighted by Gasteiger charge is -2.11. The molecule has 1 saturated heterocycles. The van der Waals surface area contributed by atoms with Gasteiger partial charge in [0.25, 0.3) is 0 Å². The van der Waals surface area contributed by atoms with Crippen molar-refractivity contribution in [2.45, 2.75) is 18.9 Å². The number of benzene rings is 1. The fourth-order valence-corrected chi connectivity index (χ4v) is 2.16. The number of rotatable bonds is 2. The van der Waals surface area contributed by atoms with Crippen LogP contribution in [-0.2, 0) is 0 Å². The first kappa shape index (κ1) is 9.54. The first-order chi connectivity index (χ1) is 7.95. The molecule has 82 valence electrons. The van der Waals surface area contributed by atoms with Gasteiger partial charge in [0.1, 0.15) is 12.2 Å². The number of nitrogens with zero attached hydrogens (tertiary/aromatic N) is 3. The second-order valence-corrected chi connectivity index (χ2v) is 4.01. The fourth-order valence-electron chi connectivity index (χ4n) is 2.16. The van der Waals surface area contributed by atoms with E-state index in [2.05, 4.69) is 15.4 Å². The molecule has 0 bridgehead atoms. The predicted octanol–water partition coefficient (Wildman–Crippen LogP) is 1.69. The van der Waals surface area contributed by atoms with E-state index < -0.39 is 0 Å². The fraction of sp³-hybridized carbons (Fsp3) is 0.333. The van der Waals surface area contributed by atoms with Gasteiger partial charge in [-0.05, 0) is 31.5 Å². The molecule has 2 heterocycles. The molecule has 1 atom stereocenters. The Labute approximate surface area is 94.3 Å². The Morgan fingerprint density at radius 1 is 1.25 bits per heavy atom. The van der Waals surface area contributed by atoms with Crippen molar-refractivity contribution in [2.24, 2.45) is 0 Å². The summed E-state index contributed by atoms with van der Waals surface area (Å²) in [6.07, 6.45) is 3.99. The number of para-hydroxylation sites is 1. The molecule has 4 nitrogen and oxygen atoms in total. The van der Waals surface area contributed by atoms with E-state index in [0.29, 0.717) is 6.04 Å². The summed E-state index contributed by atoms with van der Waals surface area (Å²) in [6.45, 7) is 1.08. The van der Waals surface area contributed by atoms with Crippen molar-refractivity contribution in [3.8, 4) is 5.69 Å². The van der Waals surface area contributed by atoms with Gasteiger partial charge in [-0.3, -0.25) is 0 Å². The molecule has 0 spiro atoms. The van der Waals surface area contributed by atoms with Crippen LogP contribution >= 0.6 is 0 Å². The van der Waals surface area contributed by atoms with Gasteiger partial charge in [0, 0.05) is 0 Å². The molecule has 1 N–H and O–H groups in total. The minimum absolute atomic E-state index is 0.350. The average Bonchev–Trinajstić information content (AvgIpc) is 3.01. The van der Waals surface area contributed by atoms with Gasteiger partial charge < -0.3 is 5.32 Å². The highest BCUT2D eigenvalue weighted by atomic mass is 15.3. The molecule has 0 saturated carbocycles. The Bertz CT molecular complexity index is 457. The number of hydrogen-bond acceptors (Lipinski definition) is 3. The molecule has 0 amide bonds. The molecular weight excluding hydrogens is 200 g/mol. The summed E-state index contributed by atoms with van der Waals surface area (Å²) in [5, 5.41) is 7.74. The summed E-state index contributed by atoms with van der Waals surface area (Å²) in [5.41, 5.74) is 1.07. The van der Waals surface area contributed by atoms with Crippen LogP contribution in [0.5, 0.6) is 0 Å². The second-order valence-electron chi connectivity index (χ2n) is 4.01. The van der Waals surface area contributed by atoms with Gasteiger partial charge in [0.2, 0.25) is 0 Å². The van der Waals surface area contributed by atoms with Crippen LogP contribution in [0, 0.1) is 0 Å². The molecule has 0 radical (unpaired) electrons. The van der Waals surface area contributed by atoms with Gasteiger partial charge >= 0.3 is 0 Å². The van der Waals surface area contributed by atoms with Crippen LogP contribution in [0.1, 0.15) is 24.7 Å². The first-order valence-corrected chi connectivity index (χ1v) is 5.64. The highest BCUT2D eigenvalue weighted by molar-refractivity contribution is 5.31. The maximum Gasteiger partial charge on any atom is 0.149 e. The molecule has 1 aromatic carbocycles. The van der Waals surface area contributed by atoms with Crippen molar-refractivity contribution in [1.82, 2.24) is 20.1 Å². The van der Waals surface area contributed by atoms with Crippen LogP contribution in [0.3, 0.4) is 0 Å². The smallest absolute Gasteiger partial charge is 0.149 e. The van der Waals surface area contributed by atoms with Gasteiger partial charge in [-0.2, -0.15) is 5.10 Å². The average molecular weight is 214 g/mol. The van der Waals surface area contributed by atoms with Crippen LogP contribution in [0.25, 0.3) is 5.69 Å². The number of hydrogen-bond donors (Lipinski definition) is 1. The van der Waals surface area contributed by atoms with Gasteiger partial charge in [-0.1, -0.05) is 18.2 Å². The van der Waals surface area contributed by atoms with Gasteiger partial charge in [-0.25, -0.2) is 9.67 Å². The zero-order chi connectivity index (χ0) is 10.8. The van der Waals surface area contributed by atoms with Gasteiger partial charge in [-0.15, -0.1) is 0 Å². The van der Waals surface area contributed by atoms with Crippen molar-refractivity contribution in [2.75, 3.05) is 6.54 Å². The molecule has 2 aromatic rings. The standard InChI is InChI=1S/C12H14N4/c1-2-5-10(6-3-1)16-12(14-9-15-16)11-7-4-8-13-11/h1-3,5-6,9,11,13H,4,7-8H2/t11-/m0/s1. The molecular formula is C12H14N4. The number of aromatic nitrogens is 3. The molecule has 1 aliphatic heterocycles. The molecule has 4 heteroatoms. The van der Waals surface area contributed by atoms with Crippen molar-refractivity contribution in [3.05, 3.63) is 42.5 Å². The molecule has 16 heavy (non-hydrogen) atoms. The maximum absolute atomic E-state index is 4.36. The lowest BCUT2D eigenvalue weighted by molar-refractivity contribution is 0.583. The minimum Gasteiger partial charge on any atom is -0.307 e. The highest BCUT2D eigenvalue weighted by Crippen LogP contribution is 2.22. The third-order valence-corrected chi connectivity index (χ3v) is 2.95. The summed E-state index contributed by atoms with van der Waals surface area (Å²) >= 11 is 0. The SMILES string of the molecule is c1ccc(-n2ncnc2[C@@H]2CCCN2)cc1. The third kappa shape index (κ3) is 1.61. The van der Waals surface area contributed by atoms with E-state index >= 15 is 0 Å². The molecule has 1 fully saturated rings. The van der Waals surface area contributed by atoms with Crippen molar-refractivity contribution < 1.29 is 0 Å². The summed E-state index contributed by atoms with van der Waals surface area (Å²) in [4.78, 5) is 4.36. The first-order valence-electron chi connectivity index (χ1n) is 5.64. The van der Waals surface area contributed by atoms with Gasteiger partial charge in [0.05, 0.1) is 11.7 Å². The Kier molecular flexibility index (Phi) is 2.42. The summed E-state index contributed by atoms with van der Waals surface area (Å²) in [6, 6.07) is 10.5. The van der Waals surface area contributed by atoms with E-state index in [9.17, 15) is 0 Å². The topological polar surface area (TPSA) is 42.7 Å². The van der Waals surface area contributed by atoms with Crippen molar-refractivity contribution in [1.29, 1.82) is 0 Å². The number of nitrogens with one attached hydrogen (secondary N) is 1. The van der Waals surface area contributed by atoms with Crippen LogP contribution in [0.15, 0.2) is 36.7 Å². The zero-order valence-corrected chi connectivity index (χ0v) is 9.00. The summed E-state index contributed by atoms with van der Waals surface area (Å²) in [5.74, 6) is 1.02. The molecule has 3 rings (SSSR count). The molecule has 1 aliphatic rings. The Balaban J connectivity index is 1.99. The van der Waals surface area contributed by atoms with Crippen molar-refractivity contribution >= 4 is 0 Å². The van der Waals surface area contributed by atoms with E-state index in [1.807, 2.05) is 35.0 Å². The van der Waals surface area contributed by atoms with E-state index in [1.165, 1.54) is 6.42 Å². The predicted molar refractivity (Wildman–Crippen MR) is 61.3 cm³/mol. The Morgan fingerprint density at radius 2 is 2.12 bits per heavy atom. The molecule has 1 aromatic heterocycles. The van der Waals surface area contributed by atoms with E-state index in [0.717, 1.165) is 24.5 Å². The van der Waals surface area contributed by atoms with Gasteiger partial charge in [0.15, 0.2) is 0 Å². The largest absolute Gasteiger partial charge is 0.307 e. The van der Waals surface area contributed by atoms with Crippen LogP contribution in [0.2, 0.25) is 0 Å². The monoisotopic (exact) mass is 214 g/mol. The normalized spacial score (nSPS) is 20.1. The molecule has 0 unspecified atom stereocenters. The Hall–Kier alpha value is -1.68. The lowest BCUT2D eigenvalue weighted by Crippen LogP contribution is -2.17. The summed E-state index contributed by atoms with van der Waals surface area (Å²) < 4.78 is 1.92. The minimum atomic E-state index is 0.350. The quantitative estimate of drug-likeness (QED) is 0.827. The second kappa shape index (κ2) is 4.06. The zero-order valence-electron chi connectivity index (χ0n) is 9.00. The van der Waals surface area contributed by atoms with Crippen molar-refractivity contribution in [3.63, 3.8) is 0 Å². The van der Waals surface area contributed by atoms with E-state index in [4.69, 9.17) is 0 Å². The third-order valence-electron chi connectivity index (χ3n) is 2.95. The van der Waals surface area contributed by atoms with Crippen LogP contribution in [-0.4, -0.2) is 21.3 Å². The lowest BCUT2D eigenvalue weighted by atomic mass is 10.2. The van der Waals surface area contributed by atoms with Crippen LogP contribution < -0.4 is 5.32 Å². The van der Waals surface area contributed by atoms with E-state index in [-0.39, 0.29) is 0 Å². The maximum atomic E-state index is 4.36. The molecule has 0 aliphatic carbocycles. The highest BCUT2D eigenvalue weighted by Gasteiger charge is 2.21. The summed E-state index contributed by atoms with van der Waals surface area (Å²) in [7, 11) is 0.